The number of halogens is 2. The first kappa shape index (κ1) is 13.4. The van der Waals surface area contributed by atoms with E-state index < -0.39 is 24.2 Å². The lowest BCUT2D eigenvalue weighted by molar-refractivity contribution is -0.135. The van der Waals surface area contributed by atoms with E-state index in [4.69, 9.17) is 5.11 Å². The van der Waals surface area contributed by atoms with E-state index in [1.807, 2.05) is 0 Å². The van der Waals surface area contributed by atoms with Crippen LogP contribution in [-0.2, 0) is 4.79 Å². The number of rotatable bonds is 5. The number of thioether (sulfide) groups is 1. The molecule has 0 fully saturated rings. The van der Waals surface area contributed by atoms with Gasteiger partial charge in [0.1, 0.15) is 6.54 Å². The number of nitrogens with one attached hydrogen (secondary N) is 1. The molecule has 92 valence electrons. The van der Waals surface area contributed by atoms with Crippen molar-refractivity contribution in [2.24, 2.45) is 0 Å². The molecule has 4 nitrogen and oxygen atoms in total. The van der Waals surface area contributed by atoms with Crippen LogP contribution in [0.15, 0.2) is 29.2 Å². The van der Waals surface area contributed by atoms with Crippen LogP contribution in [0, 0.1) is 0 Å². The normalized spacial score (nSPS) is 10.3. The van der Waals surface area contributed by atoms with Crippen molar-refractivity contribution in [3.05, 3.63) is 29.8 Å². The number of aliphatic carboxylic acids is 1. The molecule has 0 aliphatic rings. The Hall–Kier alpha value is -1.63. The highest BCUT2D eigenvalue weighted by molar-refractivity contribution is 7.99. The van der Waals surface area contributed by atoms with Gasteiger partial charge in [0.05, 0.1) is 5.56 Å². The Morgan fingerprint density at radius 2 is 2.00 bits per heavy atom. The number of hydrogen-bond donors (Lipinski definition) is 2. The predicted molar refractivity (Wildman–Crippen MR) is 58.3 cm³/mol. The standard InChI is InChI=1S/C10H9F2NO3S/c11-10(12)17-7-4-2-1-3-6(7)9(16)13-5-8(14)15/h1-4,10H,5H2,(H,13,16)(H,14,15). The van der Waals surface area contributed by atoms with Gasteiger partial charge < -0.3 is 10.4 Å². The van der Waals surface area contributed by atoms with Gasteiger partial charge in [-0.1, -0.05) is 23.9 Å². The van der Waals surface area contributed by atoms with Gasteiger partial charge in [-0.15, -0.1) is 0 Å². The predicted octanol–water partition coefficient (Wildman–Crippen LogP) is 1.82. The average Bonchev–Trinajstić information content (AvgIpc) is 2.25. The van der Waals surface area contributed by atoms with Crippen LogP contribution in [0.5, 0.6) is 0 Å². The van der Waals surface area contributed by atoms with Crippen molar-refractivity contribution in [3.8, 4) is 0 Å². The van der Waals surface area contributed by atoms with Crippen LogP contribution < -0.4 is 5.32 Å². The zero-order valence-corrected chi connectivity index (χ0v) is 9.34. The van der Waals surface area contributed by atoms with Gasteiger partial charge >= 0.3 is 5.97 Å². The lowest BCUT2D eigenvalue weighted by Crippen LogP contribution is -2.29. The number of carbonyl (C=O) groups excluding carboxylic acids is 1. The van der Waals surface area contributed by atoms with E-state index in [1.165, 1.54) is 24.3 Å². The van der Waals surface area contributed by atoms with E-state index in [9.17, 15) is 18.4 Å². The molecule has 17 heavy (non-hydrogen) atoms. The lowest BCUT2D eigenvalue weighted by Gasteiger charge is -2.07. The van der Waals surface area contributed by atoms with Crippen LogP contribution in [0.1, 0.15) is 10.4 Å². The summed E-state index contributed by atoms with van der Waals surface area (Å²) >= 11 is 0.246. The van der Waals surface area contributed by atoms with Crippen molar-refractivity contribution in [2.75, 3.05) is 6.54 Å². The molecule has 1 rings (SSSR count). The first-order valence-corrected chi connectivity index (χ1v) is 5.42. The minimum Gasteiger partial charge on any atom is -0.480 e. The van der Waals surface area contributed by atoms with Crippen LogP contribution >= 0.6 is 11.8 Å². The molecule has 0 saturated heterocycles. The largest absolute Gasteiger partial charge is 0.480 e. The highest BCUT2D eigenvalue weighted by Gasteiger charge is 2.15. The van der Waals surface area contributed by atoms with E-state index in [-0.39, 0.29) is 22.2 Å². The Bertz CT molecular complexity index is 426. The molecule has 0 bridgehead atoms. The molecule has 0 aliphatic heterocycles. The third-order valence-corrected chi connectivity index (χ3v) is 2.54. The smallest absolute Gasteiger partial charge is 0.322 e. The molecule has 0 heterocycles. The Morgan fingerprint density at radius 3 is 2.59 bits per heavy atom. The van der Waals surface area contributed by atoms with Gasteiger partial charge in [0.15, 0.2) is 0 Å². The molecule has 0 unspecified atom stereocenters. The Balaban J connectivity index is 2.81. The van der Waals surface area contributed by atoms with Crippen LogP contribution in [0.25, 0.3) is 0 Å². The second kappa shape index (κ2) is 6.19. The van der Waals surface area contributed by atoms with Gasteiger partial charge in [0.25, 0.3) is 11.7 Å². The van der Waals surface area contributed by atoms with Crippen LogP contribution in [-0.4, -0.2) is 29.3 Å². The number of carboxylic acid groups (broad SMARTS) is 1. The minimum atomic E-state index is -2.64. The van der Waals surface area contributed by atoms with E-state index >= 15 is 0 Å². The summed E-state index contributed by atoms with van der Waals surface area (Å²) < 4.78 is 24.4. The topological polar surface area (TPSA) is 66.4 Å². The van der Waals surface area contributed by atoms with Crippen molar-refractivity contribution in [3.63, 3.8) is 0 Å². The molecule has 0 atom stereocenters. The highest BCUT2D eigenvalue weighted by atomic mass is 32.2. The molecule has 1 amide bonds. The summed E-state index contributed by atoms with van der Waals surface area (Å²) in [5.74, 6) is -4.52. The van der Waals surface area contributed by atoms with Crippen molar-refractivity contribution < 1.29 is 23.5 Å². The molecule has 0 saturated carbocycles. The molecule has 0 aromatic heterocycles. The number of carboxylic acids is 1. The Labute approximate surface area is 100 Å². The van der Waals surface area contributed by atoms with E-state index in [0.29, 0.717) is 0 Å². The molecule has 0 radical (unpaired) electrons. The molecular formula is C10H9F2NO3S. The monoisotopic (exact) mass is 261 g/mol. The average molecular weight is 261 g/mol. The zero-order valence-electron chi connectivity index (χ0n) is 8.52. The van der Waals surface area contributed by atoms with E-state index in [0.717, 1.165) is 0 Å². The van der Waals surface area contributed by atoms with Crippen LogP contribution in [0.4, 0.5) is 8.78 Å². The maximum absolute atomic E-state index is 12.2. The first-order valence-electron chi connectivity index (χ1n) is 4.54. The summed E-state index contributed by atoms with van der Waals surface area (Å²) in [6, 6.07) is 5.79. The number of amides is 1. The quantitative estimate of drug-likeness (QED) is 0.793. The Morgan fingerprint density at radius 1 is 1.35 bits per heavy atom. The fourth-order valence-electron chi connectivity index (χ4n) is 1.10. The van der Waals surface area contributed by atoms with Gasteiger partial charge in [-0.3, -0.25) is 9.59 Å². The molecule has 1 aromatic rings. The fourth-order valence-corrected chi connectivity index (χ4v) is 1.74. The maximum Gasteiger partial charge on any atom is 0.322 e. The first-order chi connectivity index (χ1) is 8.00. The number of alkyl halides is 2. The third-order valence-electron chi connectivity index (χ3n) is 1.75. The second-order valence-corrected chi connectivity index (χ2v) is 3.98. The third kappa shape index (κ3) is 4.39. The van der Waals surface area contributed by atoms with Crippen LogP contribution in [0.3, 0.4) is 0 Å². The van der Waals surface area contributed by atoms with E-state index in [2.05, 4.69) is 5.32 Å². The SMILES string of the molecule is O=C(O)CNC(=O)c1ccccc1SC(F)F. The summed E-state index contributed by atoms with van der Waals surface area (Å²) in [4.78, 5) is 21.9. The molecule has 1 aromatic carbocycles. The lowest BCUT2D eigenvalue weighted by atomic mass is 10.2. The van der Waals surface area contributed by atoms with Gasteiger partial charge in [0, 0.05) is 4.90 Å². The summed E-state index contributed by atoms with van der Waals surface area (Å²) in [7, 11) is 0. The fraction of sp³-hybridized carbons (Fsp3) is 0.200. The molecule has 2 N–H and O–H groups in total. The van der Waals surface area contributed by atoms with Crippen molar-refractivity contribution in [1.82, 2.24) is 5.32 Å². The highest BCUT2D eigenvalue weighted by Crippen LogP contribution is 2.28. The van der Waals surface area contributed by atoms with E-state index in [1.54, 1.807) is 0 Å². The van der Waals surface area contributed by atoms with Crippen molar-refractivity contribution >= 4 is 23.6 Å². The van der Waals surface area contributed by atoms with Gasteiger partial charge in [0.2, 0.25) is 0 Å². The second-order valence-electron chi connectivity index (χ2n) is 2.95. The zero-order chi connectivity index (χ0) is 12.8. The number of benzene rings is 1. The summed E-state index contributed by atoms with van der Waals surface area (Å²) in [6.45, 7) is -0.549. The van der Waals surface area contributed by atoms with Crippen LogP contribution in [0.2, 0.25) is 0 Å². The minimum absolute atomic E-state index is 0.0408. The summed E-state index contributed by atoms with van der Waals surface area (Å²) in [6.07, 6.45) is 0. The van der Waals surface area contributed by atoms with Crippen molar-refractivity contribution in [2.45, 2.75) is 10.7 Å². The molecular weight excluding hydrogens is 252 g/mol. The number of hydrogen-bond acceptors (Lipinski definition) is 3. The Kier molecular flexibility index (Phi) is 4.89. The number of carbonyl (C=O) groups is 2. The molecule has 0 spiro atoms. The maximum atomic E-state index is 12.2. The van der Waals surface area contributed by atoms with Gasteiger partial charge in [-0.05, 0) is 12.1 Å². The van der Waals surface area contributed by atoms with Gasteiger partial charge in [-0.25, -0.2) is 0 Å². The van der Waals surface area contributed by atoms with Crippen molar-refractivity contribution in [1.29, 1.82) is 0 Å². The molecule has 7 heteroatoms. The molecule has 0 aliphatic carbocycles. The summed E-state index contributed by atoms with van der Waals surface area (Å²) in [5.41, 5.74) is 0.0408. The summed E-state index contributed by atoms with van der Waals surface area (Å²) in [5, 5.41) is 10.5. The van der Waals surface area contributed by atoms with Gasteiger partial charge in [-0.2, -0.15) is 8.78 Å².